The molecule has 0 aliphatic carbocycles. The summed E-state index contributed by atoms with van der Waals surface area (Å²) in [6.45, 7) is 1.85. The lowest BCUT2D eigenvalue weighted by Gasteiger charge is -2.10. The van der Waals surface area contributed by atoms with E-state index in [0.717, 1.165) is 0 Å². The van der Waals surface area contributed by atoms with E-state index in [1.54, 1.807) is 6.92 Å². The Kier molecular flexibility index (Phi) is 5.05. The molecule has 0 radical (unpaired) electrons. The molecule has 0 heterocycles. The number of aliphatic hydroxyl groups excluding tert-OH is 1. The number of aliphatic hydroxyl groups is 1. The molecule has 0 fully saturated rings. The maximum atomic E-state index is 11.6. The monoisotopic (exact) mass is 277 g/mol. The van der Waals surface area contributed by atoms with Gasteiger partial charge in [-0.25, -0.2) is 4.79 Å². The van der Waals surface area contributed by atoms with Gasteiger partial charge in [0.2, 0.25) is 0 Å². The van der Waals surface area contributed by atoms with Crippen LogP contribution in [-0.4, -0.2) is 24.3 Å². The van der Waals surface area contributed by atoms with E-state index in [2.05, 4.69) is 0 Å². The van der Waals surface area contributed by atoms with Crippen molar-refractivity contribution in [2.75, 3.05) is 18.9 Å². The minimum absolute atomic E-state index is 0.0448. The molecule has 1 rings (SSSR count). The molecule has 1 unspecified atom stereocenters. The molecule has 1 atom stereocenters. The van der Waals surface area contributed by atoms with Gasteiger partial charge in [-0.2, -0.15) is 0 Å². The first kappa shape index (κ1) is 14.1. The average molecular weight is 278 g/mol. The molecule has 0 aromatic heterocycles. The van der Waals surface area contributed by atoms with Crippen LogP contribution in [0.2, 0.25) is 10.0 Å². The quantitative estimate of drug-likeness (QED) is 0.655. The molecule has 0 bridgehead atoms. The van der Waals surface area contributed by atoms with Gasteiger partial charge in [0.1, 0.15) is 0 Å². The van der Waals surface area contributed by atoms with Gasteiger partial charge in [-0.3, -0.25) is 0 Å². The van der Waals surface area contributed by atoms with E-state index in [9.17, 15) is 4.79 Å². The van der Waals surface area contributed by atoms with Crippen molar-refractivity contribution in [1.82, 2.24) is 0 Å². The standard InChI is InChI=1S/C11H13Cl2NO3/c1-6(4-15)5-17-11(16)7-2-8(12)10(13)9(14)3-7/h2-3,6,15H,4-5,14H2,1H3. The van der Waals surface area contributed by atoms with Gasteiger partial charge in [0.15, 0.2) is 0 Å². The zero-order chi connectivity index (χ0) is 13.0. The minimum Gasteiger partial charge on any atom is -0.462 e. The number of rotatable bonds is 4. The van der Waals surface area contributed by atoms with Gasteiger partial charge in [0.25, 0.3) is 0 Å². The Morgan fingerprint density at radius 2 is 2.18 bits per heavy atom. The van der Waals surface area contributed by atoms with E-state index in [4.69, 9.17) is 38.8 Å². The summed E-state index contributed by atoms with van der Waals surface area (Å²) in [5.74, 6) is -0.658. The third-order valence-electron chi connectivity index (χ3n) is 2.10. The average Bonchev–Trinajstić information content (AvgIpc) is 2.31. The molecule has 94 valence electrons. The predicted octanol–water partition coefficient (Wildman–Crippen LogP) is 2.36. The molecule has 0 spiro atoms. The van der Waals surface area contributed by atoms with Crippen molar-refractivity contribution in [2.45, 2.75) is 6.92 Å². The van der Waals surface area contributed by atoms with Crippen molar-refractivity contribution in [2.24, 2.45) is 5.92 Å². The van der Waals surface area contributed by atoms with E-state index in [1.807, 2.05) is 0 Å². The topological polar surface area (TPSA) is 72.5 Å². The third kappa shape index (κ3) is 3.77. The molecule has 17 heavy (non-hydrogen) atoms. The van der Waals surface area contributed by atoms with Crippen molar-refractivity contribution < 1.29 is 14.6 Å². The Morgan fingerprint density at radius 3 is 2.71 bits per heavy atom. The van der Waals surface area contributed by atoms with Crippen molar-refractivity contribution >= 4 is 34.9 Å². The number of hydrogen-bond donors (Lipinski definition) is 2. The van der Waals surface area contributed by atoms with Gasteiger partial charge in [0.05, 0.1) is 27.9 Å². The van der Waals surface area contributed by atoms with E-state index in [-0.39, 0.29) is 40.4 Å². The van der Waals surface area contributed by atoms with Gasteiger partial charge >= 0.3 is 5.97 Å². The molecule has 3 N–H and O–H groups in total. The number of nitrogens with two attached hydrogens (primary N) is 1. The van der Waals surface area contributed by atoms with Crippen LogP contribution in [0.1, 0.15) is 17.3 Å². The van der Waals surface area contributed by atoms with Gasteiger partial charge in [-0.1, -0.05) is 30.1 Å². The van der Waals surface area contributed by atoms with E-state index in [0.29, 0.717) is 0 Å². The Bertz CT molecular complexity index is 400. The summed E-state index contributed by atoms with van der Waals surface area (Å²) >= 11 is 11.6. The zero-order valence-corrected chi connectivity index (χ0v) is 10.8. The molecule has 0 saturated carbocycles. The first-order chi connectivity index (χ1) is 7.95. The molecule has 1 aromatic rings. The Hall–Kier alpha value is -0.970. The van der Waals surface area contributed by atoms with Crippen molar-refractivity contribution in [3.05, 3.63) is 27.7 Å². The first-order valence-electron chi connectivity index (χ1n) is 4.98. The van der Waals surface area contributed by atoms with E-state index >= 15 is 0 Å². The van der Waals surface area contributed by atoms with Gasteiger partial charge in [-0.05, 0) is 12.1 Å². The maximum Gasteiger partial charge on any atom is 0.338 e. The number of anilines is 1. The molecule has 6 heteroatoms. The molecular formula is C11H13Cl2NO3. The Balaban J connectivity index is 2.76. The lowest BCUT2D eigenvalue weighted by Crippen LogP contribution is -2.14. The van der Waals surface area contributed by atoms with Crippen molar-refractivity contribution in [3.63, 3.8) is 0 Å². The zero-order valence-electron chi connectivity index (χ0n) is 9.24. The lowest BCUT2D eigenvalue weighted by atomic mass is 10.2. The second-order valence-electron chi connectivity index (χ2n) is 3.75. The summed E-state index contributed by atoms with van der Waals surface area (Å²) < 4.78 is 4.97. The lowest BCUT2D eigenvalue weighted by molar-refractivity contribution is 0.0405. The largest absolute Gasteiger partial charge is 0.462 e. The second-order valence-corrected chi connectivity index (χ2v) is 4.53. The summed E-state index contributed by atoms with van der Waals surface area (Å²) in [4.78, 5) is 11.6. The van der Waals surface area contributed by atoms with Crippen LogP contribution in [-0.2, 0) is 4.74 Å². The molecule has 0 aliphatic heterocycles. The van der Waals surface area contributed by atoms with E-state index < -0.39 is 5.97 Å². The number of benzene rings is 1. The maximum absolute atomic E-state index is 11.6. The smallest absolute Gasteiger partial charge is 0.338 e. The van der Waals surface area contributed by atoms with Crippen LogP contribution < -0.4 is 5.73 Å². The fraction of sp³-hybridized carbons (Fsp3) is 0.364. The van der Waals surface area contributed by atoms with Gasteiger partial charge in [-0.15, -0.1) is 0 Å². The van der Waals surface area contributed by atoms with Crippen molar-refractivity contribution in [3.8, 4) is 0 Å². The second kappa shape index (κ2) is 6.10. The normalized spacial score (nSPS) is 12.2. The predicted molar refractivity (Wildman–Crippen MR) is 67.4 cm³/mol. The minimum atomic E-state index is -0.546. The third-order valence-corrected chi connectivity index (χ3v) is 2.92. The fourth-order valence-corrected chi connectivity index (χ4v) is 1.42. The molecule has 0 saturated heterocycles. The highest BCUT2D eigenvalue weighted by molar-refractivity contribution is 6.43. The molecule has 1 aromatic carbocycles. The SMILES string of the molecule is CC(CO)COC(=O)c1cc(N)c(Cl)c(Cl)c1. The van der Waals surface area contributed by atoms with Gasteiger partial charge in [0, 0.05) is 12.5 Å². The van der Waals surface area contributed by atoms with Crippen molar-refractivity contribution in [1.29, 1.82) is 0 Å². The number of carbonyl (C=O) groups excluding carboxylic acids is 1. The Labute approximate surface area is 109 Å². The molecule has 0 amide bonds. The Morgan fingerprint density at radius 1 is 1.53 bits per heavy atom. The summed E-state index contributed by atoms with van der Waals surface area (Å²) in [5, 5.41) is 9.21. The summed E-state index contributed by atoms with van der Waals surface area (Å²) in [7, 11) is 0. The van der Waals surface area contributed by atoms with Crippen LogP contribution in [0.5, 0.6) is 0 Å². The number of hydrogen-bond acceptors (Lipinski definition) is 4. The van der Waals surface area contributed by atoms with Crippen LogP contribution in [0.3, 0.4) is 0 Å². The molecule has 4 nitrogen and oxygen atoms in total. The number of halogens is 2. The van der Waals surface area contributed by atoms with Crippen LogP contribution in [0.25, 0.3) is 0 Å². The fourth-order valence-electron chi connectivity index (χ4n) is 1.08. The highest BCUT2D eigenvalue weighted by Gasteiger charge is 2.13. The number of nitrogen functional groups attached to an aromatic ring is 1. The summed E-state index contributed by atoms with van der Waals surface area (Å²) in [6, 6.07) is 2.80. The first-order valence-corrected chi connectivity index (χ1v) is 5.73. The summed E-state index contributed by atoms with van der Waals surface area (Å²) in [6.07, 6.45) is 0. The molecule has 0 aliphatic rings. The number of ether oxygens (including phenoxy) is 1. The van der Waals surface area contributed by atoms with Gasteiger partial charge < -0.3 is 15.6 Å². The van der Waals surface area contributed by atoms with Crippen LogP contribution in [0, 0.1) is 5.92 Å². The molecular weight excluding hydrogens is 265 g/mol. The van der Waals surface area contributed by atoms with E-state index in [1.165, 1.54) is 12.1 Å². The van der Waals surface area contributed by atoms with Crippen LogP contribution >= 0.6 is 23.2 Å². The van der Waals surface area contributed by atoms with Crippen LogP contribution in [0.4, 0.5) is 5.69 Å². The highest BCUT2D eigenvalue weighted by atomic mass is 35.5. The highest BCUT2D eigenvalue weighted by Crippen LogP contribution is 2.29. The summed E-state index contributed by atoms with van der Waals surface area (Å²) in [5.41, 5.74) is 6.04. The number of carbonyl (C=O) groups is 1. The van der Waals surface area contributed by atoms with Crippen LogP contribution in [0.15, 0.2) is 12.1 Å². The number of esters is 1.